The molecule has 3 heterocycles. The van der Waals surface area contributed by atoms with Gasteiger partial charge in [-0.2, -0.15) is 22.0 Å². The Morgan fingerprint density at radius 1 is 1.06 bits per heavy atom. The van der Waals surface area contributed by atoms with Crippen molar-refractivity contribution in [2.45, 2.75) is 31.0 Å². The molecule has 0 radical (unpaired) electrons. The zero-order valence-corrected chi connectivity index (χ0v) is 19.9. The number of hydrogen-bond donors (Lipinski definition) is 2. The summed E-state index contributed by atoms with van der Waals surface area (Å²) in [6.45, 7) is 2.04. The Bertz CT molecular complexity index is 1440. The second kappa shape index (κ2) is 8.76. The van der Waals surface area contributed by atoms with Crippen molar-refractivity contribution in [1.82, 2.24) is 20.0 Å². The van der Waals surface area contributed by atoms with E-state index in [0.717, 1.165) is 6.08 Å². The maximum atomic E-state index is 13.1. The van der Waals surface area contributed by atoms with E-state index in [1.165, 1.54) is 55.1 Å². The van der Waals surface area contributed by atoms with Crippen molar-refractivity contribution in [3.05, 3.63) is 47.9 Å². The lowest BCUT2D eigenvalue weighted by atomic mass is 10.1. The van der Waals surface area contributed by atoms with Crippen LogP contribution in [0.15, 0.2) is 47.1 Å². The lowest BCUT2D eigenvalue weighted by Crippen LogP contribution is -2.33. The molecule has 0 spiro atoms. The van der Waals surface area contributed by atoms with Crippen LogP contribution >= 0.6 is 0 Å². The normalized spacial score (nSPS) is 13.9. The van der Waals surface area contributed by atoms with Crippen molar-refractivity contribution in [1.29, 1.82) is 0 Å². The molecular weight excluding hydrogens is 509 g/mol. The maximum Gasteiger partial charge on any atom is 0.432 e. The molecule has 1 aromatic carbocycles. The summed E-state index contributed by atoms with van der Waals surface area (Å²) < 4.78 is 97.3. The zero-order valence-electron chi connectivity index (χ0n) is 19.1. The number of fused-ring (bicyclic) bond motifs is 1. The van der Waals surface area contributed by atoms with Gasteiger partial charge in [0.25, 0.3) is 0 Å². The number of ether oxygens (including phenoxy) is 1. The van der Waals surface area contributed by atoms with Gasteiger partial charge in [-0.05, 0) is 29.8 Å². The van der Waals surface area contributed by atoms with Gasteiger partial charge >= 0.3 is 12.3 Å². The van der Waals surface area contributed by atoms with Gasteiger partial charge in [-0.1, -0.05) is 19.1 Å². The number of halogens is 5. The molecule has 0 saturated carbocycles. The summed E-state index contributed by atoms with van der Waals surface area (Å²) in [7, 11) is -2.36. The van der Waals surface area contributed by atoms with Crippen LogP contribution in [-0.2, 0) is 16.9 Å². The van der Waals surface area contributed by atoms with Crippen LogP contribution in [0.1, 0.15) is 19.5 Å². The first-order chi connectivity index (χ1) is 16.7. The van der Waals surface area contributed by atoms with E-state index in [1.54, 1.807) is 0 Å². The lowest BCUT2D eigenvalue weighted by molar-refractivity contribution is -0.158. The second-order valence-electron chi connectivity index (χ2n) is 7.94. The number of alkyl halides is 5. The van der Waals surface area contributed by atoms with Gasteiger partial charge in [-0.15, -0.1) is 0 Å². The zero-order chi connectivity index (χ0) is 26.5. The minimum Gasteiger partial charge on any atom is -0.433 e. The molecule has 36 heavy (non-hydrogen) atoms. The summed E-state index contributed by atoms with van der Waals surface area (Å²) >= 11 is 0. The number of hydrogen-bond acceptors (Lipinski definition) is 7. The van der Waals surface area contributed by atoms with Crippen LogP contribution in [0, 0.1) is 0 Å². The largest absolute Gasteiger partial charge is 0.433 e. The lowest BCUT2D eigenvalue weighted by Gasteiger charge is -2.20. The first-order valence-corrected chi connectivity index (χ1v) is 12.1. The third kappa shape index (κ3) is 4.98. The average Bonchev–Trinajstić information content (AvgIpc) is 3.13. The Labute approximate surface area is 202 Å². The van der Waals surface area contributed by atoms with Gasteiger partial charge in [-0.25, -0.2) is 13.4 Å². The van der Waals surface area contributed by atoms with Crippen molar-refractivity contribution >= 4 is 21.7 Å². The van der Waals surface area contributed by atoms with Crippen LogP contribution in [0.25, 0.3) is 28.7 Å². The van der Waals surface area contributed by atoms with Crippen molar-refractivity contribution in [3.63, 3.8) is 0 Å². The minimum absolute atomic E-state index is 0.0291. The summed E-state index contributed by atoms with van der Waals surface area (Å²) in [5, 5.41) is 0. The number of nitrogens with zero attached hydrogens (tertiary/aromatic N) is 3. The van der Waals surface area contributed by atoms with Gasteiger partial charge in [0.2, 0.25) is 0 Å². The molecule has 2 N–H and O–H groups in total. The standard InChI is InChI=1S/C22H20F5N5O3S/c1-4-36(33,34)16-9-13(12-5-7-14(8-6-12)35-21(2,23)24)11-28-18(16)20-29-15-10-17(22(25,26)27)30-31-19(15)32(20)3/h5-11,30-31H,4H2,1-3H3. The smallest absolute Gasteiger partial charge is 0.432 e. The molecule has 0 aliphatic carbocycles. The van der Waals surface area contributed by atoms with E-state index in [-0.39, 0.29) is 39.4 Å². The molecule has 192 valence electrons. The van der Waals surface area contributed by atoms with Gasteiger partial charge in [0.15, 0.2) is 21.5 Å². The molecule has 0 atom stereocenters. The van der Waals surface area contributed by atoms with Gasteiger partial charge in [0.1, 0.15) is 22.8 Å². The highest BCUT2D eigenvalue weighted by Gasteiger charge is 2.37. The molecule has 4 rings (SSSR count). The molecule has 0 amide bonds. The molecule has 1 aliphatic heterocycles. The summed E-state index contributed by atoms with van der Waals surface area (Å²) in [6.07, 6.45) is -5.84. The van der Waals surface area contributed by atoms with Crippen molar-refractivity contribution in [3.8, 4) is 28.4 Å². The highest BCUT2D eigenvalue weighted by atomic mass is 32.2. The summed E-state index contributed by atoms with van der Waals surface area (Å²) in [4.78, 5) is 8.32. The van der Waals surface area contributed by atoms with Gasteiger partial charge < -0.3 is 9.30 Å². The monoisotopic (exact) mass is 529 g/mol. The predicted molar refractivity (Wildman–Crippen MR) is 122 cm³/mol. The highest BCUT2D eigenvalue weighted by Crippen LogP contribution is 2.36. The summed E-state index contributed by atoms with van der Waals surface area (Å²) in [5.74, 6) is -0.136. The van der Waals surface area contributed by atoms with E-state index >= 15 is 0 Å². The molecule has 2 aromatic heterocycles. The Balaban J connectivity index is 1.80. The first kappa shape index (κ1) is 25.4. The van der Waals surface area contributed by atoms with E-state index in [2.05, 4.69) is 25.6 Å². The van der Waals surface area contributed by atoms with Crippen molar-refractivity contribution in [2.24, 2.45) is 7.05 Å². The fourth-order valence-electron chi connectivity index (χ4n) is 3.52. The van der Waals surface area contributed by atoms with Crippen LogP contribution in [0.3, 0.4) is 0 Å². The fourth-order valence-corrected chi connectivity index (χ4v) is 4.57. The number of imidazole rings is 1. The topological polar surface area (TPSA) is 98.1 Å². The quantitative estimate of drug-likeness (QED) is 0.444. The Kier molecular flexibility index (Phi) is 6.19. The number of aromatic nitrogens is 3. The Morgan fingerprint density at radius 3 is 2.31 bits per heavy atom. The first-order valence-electron chi connectivity index (χ1n) is 10.5. The molecule has 8 nitrogen and oxygen atoms in total. The molecule has 14 heteroatoms. The number of pyridine rings is 1. The number of anilines is 1. The minimum atomic E-state index is -4.65. The van der Waals surface area contributed by atoms with Crippen LogP contribution in [0.4, 0.5) is 27.8 Å². The third-order valence-electron chi connectivity index (χ3n) is 5.29. The van der Waals surface area contributed by atoms with E-state index in [9.17, 15) is 30.4 Å². The number of sulfone groups is 1. The molecule has 3 aromatic rings. The summed E-state index contributed by atoms with van der Waals surface area (Å²) in [6, 6.07) is 6.93. The molecule has 1 aliphatic rings. The Hall–Kier alpha value is -3.68. The van der Waals surface area contributed by atoms with E-state index in [0.29, 0.717) is 18.1 Å². The molecule has 0 fully saturated rings. The molecule has 0 bridgehead atoms. The summed E-state index contributed by atoms with van der Waals surface area (Å²) in [5.41, 5.74) is 4.18. The van der Waals surface area contributed by atoms with Crippen molar-refractivity contribution < 1.29 is 35.1 Å². The fraction of sp³-hybridized carbons (Fsp3) is 0.273. The molecular formula is C22H20F5N5O3S. The molecule has 0 saturated heterocycles. The van der Waals surface area contributed by atoms with Crippen LogP contribution in [0.5, 0.6) is 5.75 Å². The maximum absolute atomic E-state index is 13.1. The van der Waals surface area contributed by atoms with E-state index in [4.69, 9.17) is 0 Å². The van der Waals surface area contributed by atoms with Crippen molar-refractivity contribution in [2.75, 3.05) is 11.2 Å². The number of rotatable bonds is 6. The average molecular weight is 529 g/mol. The van der Waals surface area contributed by atoms with Crippen LogP contribution < -0.4 is 15.6 Å². The number of allylic oxidation sites excluding steroid dienone is 1. The highest BCUT2D eigenvalue weighted by molar-refractivity contribution is 7.91. The van der Waals surface area contributed by atoms with Gasteiger partial charge in [0.05, 0.1) is 10.6 Å². The van der Waals surface area contributed by atoms with E-state index < -0.39 is 27.8 Å². The third-order valence-corrected chi connectivity index (χ3v) is 7.03. The predicted octanol–water partition coefficient (Wildman–Crippen LogP) is 4.77. The Morgan fingerprint density at radius 2 is 1.72 bits per heavy atom. The van der Waals surface area contributed by atoms with Gasteiger partial charge in [0, 0.05) is 25.7 Å². The van der Waals surface area contributed by atoms with Crippen LogP contribution in [0.2, 0.25) is 0 Å². The number of hydrazine groups is 1. The second-order valence-corrected chi connectivity index (χ2v) is 10.2. The SMILES string of the molecule is CCS(=O)(=O)c1cc(-c2ccc(OC(C)(F)F)cc2)cnc1-c1nc2c(n1C)NNC(C(F)(F)F)=C2. The van der Waals surface area contributed by atoms with E-state index in [1.807, 2.05) is 0 Å². The van der Waals surface area contributed by atoms with Gasteiger partial charge in [-0.3, -0.25) is 15.8 Å². The number of benzene rings is 1. The molecule has 0 unspecified atom stereocenters. The van der Waals surface area contributed by atoms with Crippen LogP contribution in [-0.4, -0.2) is 41.0 Å². The number of nitrogens with one attached hydrogen (secondary N) is 2.